The summed E-state index contributed by atoms with van der Waals surface area (Å²) in [5.41, 5.74) is 2.36. The van der Waals surface area contributed by atoms with Crippen molar-refractivity contribution in [3.05, 3.63) is 74.2 Å². The van der Waals surface area contributed by atoms with Crippen LogP contribution in [-0.2, 0) is 0 Å². The number of ketones is 1. The molecule has 6 heteroatoms. The first-order valence-electron chi connectivity index (χ1n) is 6.84. The first-order valence-corrected chi connectivity index (χ1v) is 8.42. The highest BCUT2D eigenvalue weighted by Gasteiger charge is 2.13. The molecule has 0 saturated heterocycles. The van der Waals surface area contributed by atoms with E-state index in [-0.39, 0.29) is 5.78 Å². The molecule has 0 fully saturated rings. The van der Waals surface area contributed by atoms with Crippen molar-refractivity contribution in [1.29, 1.82) is 0 Å². The topological polar surface area (TPSA) is 34.9 Å². The molecule has 0 aliphatic rings. The first kappa shape index (κ1) is 16.0. The molecule has 2 aromatic heterocycles. The molecule has 0 amide bonds. The smallest absolute Gasteiger partial charge is 0.195 e. The number of rotatable bonds is 4. The second-order valence-electron chi connectivity index (χ2n) is 4.84. The van der Waals surface area contributed by atoms with Gasteiger partial charge in [0.2, 0.25) is 0 Å². The standard InChI is InChI=1S/C17H12Cl2N2OS/c1-11-13(7-8-14(22)15-9-10-16(18)23-15)17(19)21(20-11)12-5-3-2-4-6-12/h2-10H,1H3. The third-order valence-electron chi connectivity index (χ3n) is 3.27. The number of hydrogen-bond donors (Lipinski definition) is 0. The number of halogens is 2. The summed E-state index contributed by atoms with van der Waals surface area (Å²) >= 11 is 13.5. The molecule has 0 saturated carbocycles. The Morgan fingerprint density at radius 1 is 1.17 bits per heavy atom. The summed E-state index contributed by atoms with van der Waals surface area (Å²) in [5.74, 6) is -0.107. The number of aromatic nitrogens is 2. The number of carbonyl (C=O) groups excluding carboxylic acids is 1. The fraction of sp³-hybridized carbons (Fsp3) is 0.0588. The maximum absolute atomic E-state index is 12.1. The summed E-state index contributed by atoms with van der Waals surface area (Å²) in [6.45, 7) is 1.86. The van der Waals surface area contributed by atoms with Crippen LogP contribution in [0.2, 0.25) is 9.49 Å². The van der Waals surface area contributed by atoms with E-state index in [1.54, 1.807) is 22.9 Å². The van der Waals surface area contributed by atoms with Crippen molar-refractivity contribution in [2.24, 2.45) is 0 Å². The molecule has 0 radical (unpaired) electrons. The Kier molecular flexibility index (Phi) is 4.66. The van der Waals surface area contributed by atoms with Crippen LogP contribution in [-0.4, -0.2) is 15.6 Å². The minimum absolute atomic E-state index is 0.107. The molecule has 3 rings (SSSR count). The molecule has 0 bridgehead atoms. The molecule has 23 heavy (non-hydrogen) atoms. The lowest BCUT2D eigenvalue weighted by atomic mass is 10.2. The average Bonchev–Trinajstić information content (AvgIpc) is 3.10. The van der Waals surface area contributed by atoms with Crippen molar-refractivity contribution >= 4 is 46.4 Å². The molecule has 0 unspecified atom stereocenters. The van der Waals surface area contributed by atoms with Crippen LogP contribution in [0, 0.1) is 6.92 Å². The molecule has 0 aliphatic heterocycles. The lowest BCUT2D eigenvalue weighted by molar-refractivity contribution is 0.105. The summed E-state index contributed by atoms with van der Waals surface area (Å²) < 4.78 is 2.25. The van der Waals surface area contributed by atoms with E-state index in [9.17, 15) is 4.79 Å². The van der Waals surface area contributed by atoms with Crippen molar-refractivity contribution in [2.45, 2.75) is 6.92 Å². The van der Waals surface area contributed by atoms with Crippen molar-refractivity contribution in [2.75, 3.05) is 0 Å². The SMILES string of the molecule is Cc1nn(-c2ccccc2)c(Cl)c1C=CC(=O)c1ccc(Cl)s1. The summed E-state index contributed by atoms with van der Waals surface area (Å²) in [7, 11) is 0. The van der Waals surface area contributed by atoms with Crippen LogP contribution in [0.3, 0.4) is 0 Å². The van der Waals surface area contributed by atoms with Crippen molar-refractivity contribution in [3.63, 3.8) is 0 Å². The van der Waals surface area contributed by atoms with Crippen molar-refractivity contribution in [1.82, 2.24) is 9.78 Å². The molecule has 2 heterocycles. The van der Waals surface area contributed by atoms with Crippen LogP contribution in [0.4, 0.5) is 0 Å². The number of thiophene rings is 1. The normalized spacial score (nSPS) is 11.3. The second-order valence-corrected chi connectivity index (χ2v) is 6.91. The summed E-state index contributed by atoms with van der Waals surface area (Å²) in [4.78, 5) is 12.7. The number of para-hydroxylation sites is 1. The quantitative estimate of drug-likeness (QED) is 0.457. The van der Waals surface area contributed by atoms with Crippen LogP contribution in [0.1, 0.15) is 20.9 Å². The van der Waals surface area contributed by atoms with Gasteiger partial charge in [-0.2, -0.15) is 5.10 Å². The van der Waals surface area contributed by atoms with Gasteiger partial charge in [0, 0.05) is 5.56 Å². The van der Waals surface area contributed by atoms with Gasteiger partial charge in [0.15, 0.2) is 5.78 Å². The van der Waals surface area contributed by atoms with E-state index in [1.807, 2.05) is 37.3 Å². The summed E-state index contributed by atoms with van der Waals surface area (Å²) in [5, 5.41) is 4.91. The van der Waals surface area contributed by atoms with Crippen molar-refractivity contribution < 1.29 is 4.79 Å². The Hall–Kier alpha value is -1.88. The first-order chi connectivity index (χ1) is 11.1. The number of benzene rings is 1. The molecule has 0 spiro atoms. The lowest BCUT2D eigenvalue weighted by Gasteiger charge is -2.01. The molecular formula is C17H12Cl2N2OS. The van der Waals surface area contributed by atoms with Gasteiger partial charge in [-0.05, 0) is 43.3 Å². The van der Waals surface area contributed by atoms with Gasteiger partial charge in [-0.3, -0.25) is 4.79 Å². The summed E-state index contributed by atoms with van der Waals surface area (Å²) in [6, 6.07) is 13.0. The number of hydrogen-bond acceptors (Lipinski definition) is 3. The van der Waals surface area contributed by atoms with E-state index >= 15 is 0 Å². The van der Waals surface area contributed by atoms with Gasteiger partial charge in [-0.25, -0.2) is 4.68 Å². The molecule has 3 nitrogen and oxygen atoms in total. The van der Waals surface area contributed by atoms with E-state index in [0.29, 0.717) is 14.4 Å². The van der Waals surface area contributed by atoms with Gasteiger partial charge in [-0.15, -0.1) is 11.3 Å². The van der Waals surface area contributed by atoms with Crippen molar-refractivity contribution in [3.8, 4) is 5.69 Å². The van der Waals surface area contributed by atoms with E-state index in [1.165, 1.54) is 17.4 Å². The minimum atomic E-state index is -0.107. The third kappa shape index (κ3) is 3.39. The van der Waals surface area contributed by atoms with Gasteiger partial charge in [0.05, 0.1) is 20.6 Å². The molecule has 0 N–H and O–H groups in total. The molecule has 116 valence electrons. The Labute approximate surface area is 147 Å². The molecule has 0 aliphatic carbocycles. The van der Waals surface area contributed by atoms with Gasteiger partial charge in [0.1, 0.15) is 5.15 Å². The fourth-order valence-electron chi connectivity index (χ4n) is 2.13. The highest BCUT2D eigenvalue weighted by atomic mass is 35.5. The Bertz CT molecular complexity index is 881. The monoisotopic (exact) mass is 362 g/mol. The van der Waals surface area contributed by atoms with Gasteiger partial charge in [-0.1, -0.05) is 41.4 Å². The zero-order valence-corrected chi connectivity index (χ0v) is 14.5. The number of nitrogens with zero attached hydrogens (tertiary/aromatic N) is 2. The van der Waals surface area contributed by atoms with E-state index < -0.39 is 0 Å². The average molecular weight is 363 g/mol. The second kappa shape index (κ2) is 6.71. The zero-order valence-electron chi connectivity index (χ0n) is 12.2. The maximum atomic E-state index is 12.1. The van der Waals surface area contributed by atoms with E-state index in [0.717, 1.165) is 16.9 Å². The highest BCUT2D eigenvalue weighted by Crippen LogP contribution is 2.26. The number of carbonyl (C=O) groups is 1. The fourth-order valence-corrected chi connectivity index (χ4v) is 3.43. The number of aryl methyl sites for hydroxylation is 1. The largest absolute Gasteiger partial charge is 0.288 e. The van der Waals surface area contributed by atoms with Crippen LogP contribution < -0.4 is 0 Å². The zero-order chi connectivity index (χ0) is 16.4. The molecular weight excluding hydrogens is 351 g/mol. The van der Waals surface area contributed by atoms with Crippen LogP contribution >= 0.6 is 34.5 Å². The van der Waals surface area contributed by atoms with Crippen LogP contribution in [0.5, 0.6) is 0 Å². The minimum Gasteiger partial charge on any atom is -0.288 e. The maximum Gasteiger partial charge on any atom is 0.195 e. The Morgan fingerprint density at radius 3 is 2.57 bits per heavy atom. The van der Waals surface area contributed by atoms with Crippen LogP contribution in [0.15, 0.2) is 48.5 Å². The van der Waals surface area contributed by atoms with Gasteiger partial charge in [0.25, 0.3) is 0 Å². The predicted molar refractivity (Wildman–Crippen MR) is 96.0 cm³/mol. The molecule has 1 aromatic carbocycles. The molecule has 0 atom stereocenters. The third-order valence-corrected chi connectivity index (χ3v) is 4.88. The number of allylic oxidation sites excluding steroid dienone is 1. The Morgan fingerprint density at radius 2 is 1.91 bits per heavy atom. The van der Waals surface area contributed by atoms with Gasteiger partial charge >= 0.3 is 0 Å². The predicted octanol–water partition coefficient (Wildman–Crippen LogP) is 5.45. The van der Waals surface area contributed by atoms with Crippen LogP contribution in [0.25, 0.3) is 11.8 Å². The summed E-state index contributed by atoms with van der Waals surface area (Å²) in [6.07, 6.45) is 3.19. The highest BCUT2D eigenvalue weighted by molar-refractivity contribution is 7.18. The molecule has 3 aromatic rings. The Balaban J connectivity index is 1.90. The lowest BCUT2D eigenvalue weighted by Crippen LogP contribution is -1.95. The van der Waals surface area contributed by atoms with Gasteiger partial charge < -0.3 is 0 Å². The van der Waals surface area contributed by atoms with E-state index in [2.05, 4.69) is 5.10 Å². The van der Waals surface area contributed by atoms with E-state index in [4.69, 9.17) is 23.2 Å².